The van der Waals surface area contributed by atoms with E-state index in [1.807, 2.05) is 36.4 Å². The number of hydrogen-bond donors (Lipinski definition) is 0. The highest BCUT2D eigenvalue weighted by Crippen LogP contribution is 2.44. The Morgan fingerprint density at radius 3 is 0.858 bits per heavy atom. The van der Waals surface area contributed by atoms with E-state index in [4.69, 9.17) is 28.2 Å². The summed E-state index contributed by atoms with van der Waals surface area (Å²) in [5.74, 6) is 1.65. The third kappa shape index (κ3) is 8.99. The normalized spacial score (nSPS) is 12.2. The fraction of sp³-hybridized carbons (Fsp3) is 0. The highest BCUT2D eigenvalue weighted by Gasteiger charge is 2.22. The van der Waals surface area contributed by atoms with E-state index in [1.165, 1.54) is 10.8 Å². The van der Waals surface area contributed by atoms with Crippen LogP contribution in [0.25, 0.3) is 227 Å². The Morgan fingerprint density at radius 1 is 0.170 bits per heavy atom. The quantitative estimate of drug-likeness (QED) is 0.143. The lowest BCUT2D eigenvalue weighted by Gasteiger charge is -2.14. The average molecular weight is 1350 g/mol. The van der Waals surface area contributed by atoms with Gasteiger partial charge in [-0.15, -0.1) is 0 Å². The van der Waals surface area contributed by atoms with Gasteiger partial charge in [-0.25, -0.2) is 15.0 Å². The summed E-state index contributed by atoms with van der Waals surface area (Å²) in [6.07, 6.45) is 0. The summed E-state index contributed by atoms with van der Waals surface area (Å²) >= 11 is 0. The van der Waals surface area contributed by atoms with E-state index in [9.17, 15) is 0 Å². The molecule has 9 heteroatoms. The summed E-state index contributed by atoms with van der Waals surface area (Å²) in [7, 11) is 0. The number of furan rings is 3. The number of para-hydroxylation sites is 6. The zero-order valence-electron chi connectivity index (χ0n) is 56.7. The second-order valence-electron chi connectivity index (χ2n) is 27.8. The molecule has 492 valence electrons. The van der Waals surface area contributed by atoms with Gasteiger partial charge in [-0.2, -0.15) is 0 Å². The van der Waals surface area contributed by atoms with E-state index in [2.05, 4.69) is 317 Å². The van der Waals surface area contributed by atoms with E-state index in [0.29, 0.717) is 17.5 Å². The highest BCUT2D eigenvalue weighted by atomic mass is 16.3. The van der Waals surface area contributed by atoms with Gasteiger partial charge in [-0.1, -0.05) is 206 Å². The number of fused-ring (bicyclic) bond motifs is 19. The van der Waals surface area contributed by atoms with E-state index in [0.717, 1.165) is 198 Å². The van der Waals surface area contributed by atoms with Crippen LogP contribution in [0.2, 0.25) is 0 Å². The van der Waals surface area contributed by atoms with E-state index < -0.39 is 0 Å². The maximum Gasteiger partial charge on any atom is 0.164 e. The minimum absolute atomic E-state index is 0.546. The molecule has 0 fully saturated rings. The third-order valence-electron chi connectivity index (χ3n) is 21.9. The number of hydrogen-bond acceptors (Lipinski definition) is 6. The van der Waals surface area contributed by atoms with Crippen molar-refractivity contribution in [3.8, 4) is 84.6 Å². The first-order valence-electron chi connectivity index (χ1n) is 35.8. The molecule has 7 aromatic heterocycles. The molecule has 0 amide bonds. The zero-order valence-corrected chi connectivity index (χ0v) is 56.7. The molecule has 0 aliphatic heterocycles. The maximum atomic E-state index is 6.42. The highest BCUT2D eigenvalue weighted by molar-refractivity contribution is 6.15. The molecule has 0 aliphatic carbocycles. The van der Waals surface area contributed by atoms with Gasteiger partial charge in [0, 0.05) is 98.4 Å². The molecule has 0 N–H and O–H groups in total. The van der Waals surface area contributed by atoms with Crippen LogP contribution >= 0.6 is 0 Å². The first-order valence-corrected chi connectivity index (χ1v) is 35.8. The summed E-state index contributed by atoms with van der Waals surface area (Å²) < 4.78 is 26.4. The largest absolute Gasteiger partial charge is 0.456 e. The predicted octanol–water partition coefficient (Wildman–Crippen LogP) is 26.0. The van der Waals surface area contributed by atoms with Gasteiger partial charge >= 0.3 is 0 Å². The monoisotopic (exact) mass is 1350 g/mol. The Morgan fingerprint density at radius 2 is 0.462 bits per heavy atom. The Bertz CT molecular complexity index is 7390. The Kier molecular flexibility index (Phi) is 12.4. The Labute approximate surface area is 604 Å². The molecular weight excluding hydrogens is 1300 g/mol. The van der Waals surface area contributed by atoms with Crippen LogP contribution in [0, 0.1) is 0 Å². The molecule has 23 rings (SSSR count). The summed E-state index contributed by atoms with van der Waals surface area (Å²) in [6.45, 7) is 0. The van der Waals surface area contributed by atoms with Crippen LogP contribution in [0.15, 0.2) is 353 Å². The zero-order chi connectivity index (χ0) is 69.2. The van der Waals surface area contributed by atoms with Crippen LogP contribution in [0.1, 0.15) is 0 Å². The van der Waals surface area contributed by atoms with Crippen LogP contribution in [-0.4, -0.2) is 28.7 Å². The molecule has 106 heavy (non-hydrogen) atoms. The fourth-order valence-electron chi connectivity index (χ4n) is 16.8. The molecule has 9 nitrogen and oxygen atoms in total. The molecule has 0 radical (unpaired) electrons. The first kappa shape index (κ1) is 58.3. The van der Waals surface area contributed by atoms with Crippen LogP contribution in [0.5, 0.6) is 0 Å². The van der Waals surface area contributed by atoms with Gasteiger partial charge in [0.15, 0.2) is 17.5 Å². The van der Waals surface area contributed by atoms with Crippen LogP contribution < -0.4 is 0 Å². The summed E-state index contributed by atoms with van der Waals surface area (Å²) in [5, 5.41) is 15.8. The molecule has 16 aromatic carbocycles. The molecule has 0 saturated heterocycles. The lowest BCUT2D eigenvalue weighted by Crippen LogP contribution is -2.02. The molecule has 0 saturated carbocycles. The molecule has 0 aliphatic rings. The van der Waals surface area contributed by atoms with Crippen molar-refractivity contribution in [2.24, 2.45) is 0 Å². The smallest absolute Gasteiger partial charge is 0.164 e. The van der Waals surface area contributed by atoms with Gasteiger partial charge in [-0.05, 0) is 178 Å². The van der Waals surface area contributed by atoms with Crippen molar-refractivity contribution in [2.45, 2.75) is 0 Å². The molecule has 0 bridgehead atoms. The molecule has 0 spiro atoms. The van der Waals surface area contributed by atoms with Crippen molar-refractivity contribution in [3.05, 3.63) is 340 Å². The predicted molar refractivity (Wildman–Crippen MR) is 435 cm³/mol. The molecule has 0 atom stereocenters. The van der Waals surface area contributed by atoms with Gasteiger partial charge in [0.1, 0.15) is 33.5 Å². The number of benzene rings is 16. The Balaban J connectivity index is 0.681. The number of rotatable bonds is 9. The second kappa shape index (κ2) is 22.5. The van der Waals surface area contributed by atoms with Crippen molar-refractivity contribution >= 4 is 142 Å². The van der Waals surface area contributed by atoms with Crippen molar-refractivity contribution < 1.29 is 13.3 Å². The summed E-state index contributed by atoms with van der Waals surface area (Å²) in [4.78, 5) is 16.6. The molecular formula is C97H56N6O3. The Hall–Kier alpha value is -14.4. The standard InChI is InChI=1S/C97H56N6O3/c1-7-25-83-71(19-1)74-41-34-58(61-37-44-80-77-22-4-10-28-89(77)104-92(80)54-61)51-86(74)101(83)68-17-13-15-64(48-68)95-98-96(65-16-14-18-69(49-65)102-84-26-8-2-20-72(84)75-42-35-59(52-87(75)102)62-38-45-81-78-23-5-11-29-90(78)105-93(81)55-62)100-97(99-95)66-32-31-57-33-40-70(50-67(57)47-66)103-85-27-9-3-21-73(85)76-43-36-60(53-88(76)103)63-39-46-82-79-24-6-12-30-91(79)106-94(82)56-63/h1-56H. The van der Waals surface area contributed by atoms with Crippen molar-refractivity contribution in [1.29, 1.82) is 0 Å². The second-order valence-corrected chi connectivity index (χ2v) is 27.8. The van der Waals surface area contributed by atoms with E-state index in [1.54, 1.807) is 0 Å². The van der Waals surface area contributed by atoms with Gasteiger partial charge < -0.3 is 27.0 Å². The summed E-state index contributed by atoms with van der Waals surface area (Å²) in [5.41, 5.74) is 23.9. The minimum Gasteiger partial charge on any atom is -0.456 e. The number of aromatic nitrogens is 6. The SMILES string of the molecule is c1cc(-c2nc(-c3cccc(-n4c5ccccc5c5ccc(-c6ccc7c(c6)oc6ccccc67)cc54)c3)nc(-c3ccc4ccc(-n5c6ccccc6c6ccc(-c7ccc8c(c7)oc7ccccc78)cc65)cc4c3)n2)cc(-n2c3ccccc3c3ccc(-c4ccc5c(c4)oc4ccccc45)cc32)c1. The van der Waals surface area contributed by atoms with Crippen molar-refractivity contribution in [2.75, 3.05) is 0 Å². The summed E-state index contributed by atoms with van der Waals surface area (Å²) in [6, 6.07) is 121. The maximum absolute atomic E-state index is 6.42. The van der Waals surface area contributed by atoms with E-state index in [-0.39, 0.29) is 0 Å². The van der Waals surface area contributed by atoms with Gasteiger partial charge in [0.05, 0.1) is 33.1 Å². The lowest BCUT2D eigenvalue weighted by molar-refractivity contribution is 0.668. The molecule has 7 heterocycles. The first-order chi connectivity index (χ1) is 52.5. The lowest BCUT2D eigenvalue weighted by atomic mass is 10.0. The molecule has 0 unspecified atom stereocenters. The van der Waals surface area contributed by atoms with Gasteiger partial charge in [0.25, 0.3) is 0 Å². The minimum atomic E-state index is 0.546. The van der Waals surface area contributed by atoms with Crippen molar-refractivity contribution in [1.82, 2.24) is 28.7 Å². The molecule has 23 aromatic rings. The van der Waals surface area contributed by atoms with Gasteiger partial charge in [0.2, 0.25) is 0 Å². The van der Waals surface area contributed by atoms with Gasteiger partial charge in [-0.3, -0.25) is 0 Å². The van der Waals surface area contributed by atoms with Crippen molar-refractivity contribution in [3.63, 3.8) is 0 Å². The van der Waals surface area contributed by atoms with Crippen LogP contribution in [0.3, 0.4) is 0 Å². The average Bonchev–Trinajstić information content (AvgIpc) is 1.59. The number of nitrogens with zero attached hydrogens (tertiary/aromatic N) is 6. The fourth-order valence-corrected chi connectivity index (χ4v) is 16.8. The van der Waals surface area contributed by atoms with Crippen LogP contribution in [0.4, 0.5) is 0 Å². The topological polar surface area (TPSA) is 92.9 Å². The third-order valence-corrected chi connectivity index (χ3v) is 21.9. The van der Waals surface area contributed by atoms with Crippen LogP contribution in [-0.2, 0) is 0 Å². The van der Waals surface area contributed by atoms with E-state index >= 15 is 0 Å².